The number of primary amides is 1. The van der Waals surface area contributed by atoms with E-state index in [1.165, 1.54) is 0 Å². The van der Waals surface area contributed by atoms with Gasteiger partial charge in [-0.15, -0.1) is 5.10 Å². The third-order valence-electron chi connectivity index (χ3n) is 1.76. The molecule has 2 aromatic rings. The lowest BCUT2D eigenvalue weighted by molar-refractivity contribution is 0.248. The fourth-order valence-electron chi connectivity index (χ4n) is 1.20. The first-order valence-corrected chi connectivity index (χ1v) is 3.64. The summed E-state index contributed by atoms with van der Waals surface area (Å²) in [6.07, 6.45) is 0. The molecule has 2 rings (SSSR count). The van der Waals surface area contributed by atoms with Crippen LogP contribution in [0.15, 0.2) is 18.2 Å². The number of amides is 1. The topological polar surface area (TPSA) is 86.9 Å². The van der Waals surface area contributed by atoms with Crippen molar-refractivity contribution in [3.05, 3.63) is 24.3 Å². The first kappa shape index (κ1) is 7.60. The number of hydrogen-bond donors (Lipinski definition) is 2. The number of carbonyl (C=O) groups excluding carboxylic acids is 1. The normalized spacial score (nSPS) is 10.5. The first-order valence-electron chi connectivity index (χ1n) is 3.64. The minimum Gasteiger partial charge on any atom is -0.382 e. The fourth-order valence-corrected chi connectivity index (χ4v) is 1.20. The Bertz CT molecular complexity index is 474. The Morgan fingerprint density at radius 1 is 1.62 bits per heavy atom. The molecule has 0 atom stereocenters. The average Bonchev–Trinajstić information content (AvgIpc) is 2.45. The Labute approximate surface area is 73.9 Å². The second-order valence-electron chi connectivity index (χ2n) is 2.58. The fraction of sp³-hybridized carbons (Fsp3) is 0. The third kappa shape index (κ3) is 1.01. The molecule has 0 spiro atoms. The van der Waals surface area contributed by atoms with Gasteiger partial charge in [0.05, 0.1) is 5.52 Å². The summed E-state index contributed by atoms with van der Waals surface area (Å²) >= 11 is 0. The van der Waals surface area contributed by atoms with E-state index in [0.717, 1.165) is 4.68 Å². The van der Waals surface area contributed by atoms with Gasteiger partial charge in [0.1, 0.15) is 0 Å². The molecule has 1 amide bonds. The van der Waals surface area contributed by atoms with Crippen LogP contribution < -0.4 is 11.5 Å². The molecule has 0 bridgehead atoms. The Morgan fingerprint density at radius 3 is 3.08 bits per heavy atom. The Balaban J connectivity index is 2.85. The molecule has 0 saturated heterocycles. The van der Waals surface area contributed by atoms with Gasteiger partial charge in [0, 0.05) is 5.39 Å². The molecule has 0 fully saturated rings. The van der Waals surface area contributed by atoms with Gasteiger partial charge < -0.3 is 11.5 Å². The van der Waals surface area contributed by atoms with E-state index in [-0.39, 0.29) is 5.82 Å². The first-order chi connectivity index (χ1) is 6.20. The zero-order valence-corrected chi connectivity index (χ0v) is 6.69. The number of nitrogens with zero attached hydrogens (tertiary/aromatic N) is 2. The van der Waals surface area contributed by atoms with E-state index in [0.29, 0.717) is 10.9 Å². The molecule has 0 aliphatic carbocycles. The minimum absolute atomic E-state index is 0.283. The lowest BCUT2D eigenvalue weighted by Crippen LogP contribution is -2.20. The highest BCUT2D eigenvalue weighted by Crippen LogP contribution is 2.18. The quantitative estimate of drug-likeness (QED) is 0.605. The molecule has 0 unspecified atom stereocenters. The SMILES string of the molecule is NC(=O)n1nc(N)c2c[c]ccc21. The number of nitrogen functional groups attached to an aromatic ring is 1. The van der Waals surface area contributed by atoms with Crippen LogP contribution in [0.3, 0.4) is 0 Å². The van der Waals surface area contributed by atoms with Gasteiger partial charge in [-0.2, -0.15) is 4.68 Å². The molecular weight excluding hydrogens is 168 g/mol. The van der Waals surface area contributed by atoms with E-state index in [2.05, 4.69) is 11.2 Å². The van der Waals surface area contributed by atoms with Crippen LogP contribution in [0.2, 0.25) is 0 Å². The molecule has 0 saturated carbocycles. The monoisotopic (exact) mass is 175 g/mol. The summed E-state index contributed by atoms with van der Waals surface area (Å²) in [5.41, 5.74) is 11.2. The summed E-state index contributed by atoms with van der Waals surface area (Å²) in [4.78, 5) is 10.9. The highest BCUT2D eigenvalue weighted by Gasteiger charge is 2.09. The molecule has 1 radical (unpaired) electrons. The van der Waals surface area contributed by atoms with E-state index in [4.69, 9.17) is 11.5 Å². The number of hydrogen-bond acceptors (Lipinski definition) is 3. The molecule has 1 aromatic heterocycles. The van der Waals surface area contributed by atoms with Crippen LogP contribution in [0.5, 0.6) is 0 Å². The molecule has 5 nitrogen and oxygen atoms in total. The highest BCUT2D eigenvalue weighted by molar-refractivity contribution is 5.95. The van der Waals surface area contributed by atoms with Crippen molar-refractivity contribution in [2.24, 2.45) is 5.73 Å². The maximum atomic E-state index is 10.9. The largest absolute Gasteiger partial charge is 0.382 e. The number of anilines is 1. The van der Waals surface area contributed by atoms with E-state index >= 15 is 0 Å². The number of nitrogens with two attached hydrogens (primary N) is 2. The van der Waals surface area contributed by atoms with Crippen LogP contribution in [0.25, 0.3) is 10.9 Å². The van der Waals surface area contributed by atoms with Crippen molar-refractivity contribution in [1.82, 2.24) is 9.78 Å². The summed E-state index contributed by atoms with van der Waals surface area (Å²) in [5.74, 6) is 0.283. The minimum atomic E-state index is -0.645. The number of aromatic nitrogens is 2. The third-order valence-corrected chi connectivity index (χ3v) is 1.76. The van der Waals surface area contributed by atoms with Gasteiger partial charge in [0.25, 0.3) is 0 Å². The van der Waals surface area contributed by atoms with Crippen molar-refractivity contribution in [1.29, 1.82) is 0 Å². The van der Waals surface area contributed by atoms with Crippen molar-refractivity contribution in [3.8, 4) is 0 Å². The van der Waals surface area contributed by atoms with Crippen molar-refractivity contribution < 1.29 is 4.79 Å². The standard InChI is InChI=1S/C8H7N4O/c9-7-5-3-1-2-4-6(5)12(11-7)8(10)13/h2-4H,(H2,9,11)(H2,10,13). The predicted molar refractivity (Wildman–Crippen MR) is 48.0 cm³/mol. The van der Waals surface area contributed by atoms with Gasteiger partial charge in [-0.3, -0.25) is 0 Å². The van der Waals surface area contributed by atoms with E-state index in [1.807, 2.05) is 0 Å². The summed E-state index contributed by atoms with van der Waals surface area (Å²) in [6, 6.07) is 7.21. The highest BCUT2D eigenvalue weighted by atomic mass is 16.2. The smallest absolute Gasteiger partial charge is 0.340 e. The number of carbonyl (C=O) groups is 1. The number of fused-ring (bicyclic) bond motifs is 1. The molecule has 65 valence electrons. The lowest BCUT2D eigenvalue weighted by Gasteiger charge is -1.93. The summed E-state index contributed by atoms with van der Waals surface area (Å²) in [6.45, 7) is 0. The van der Waals surface area contributed by atoms with E-state index in [9.17, 15) is 4.79 Å². The zero-order chi connectivity index (χ0) is 9.42. The van der Waals surface area contributed by atoms with Gasteiger partial charge in [0.2, 0.25) is 0 Å². The van der Waals surface area contributed by atoms with Gasteiger partial charge in [-0.1, -0.05) is 6.07 Å². The Morgan fingerprint density at radius 2 is 2.38 bits per heavy atom. The maximum absolute atomic E-state index is 10.9. The molecule has 13 heavy (non-hydrogen) atoms. The molecule has 5 heteroatoms. The van der Waals surface area contributed by atoms with Crippen molar-refractivity contribution in [2.75, 3.05) is 5.73 Å². The van der Waals surface area contributed by atoms with Crippen LogP contribution in [-0.4, -0.2) is 15.8 Å². The zero-order valence-electron chi connectivity index (χ0n) is 6.69. The number of rotatable bonds is 0. The van der Waals surface area contributed by atoms with Crippen molar-refractivity contribution in [2.45, 2.75) is 0 Å². The van der Waals surface area contributed by atoms with Gasteiger partial charge in [-0.05, 0) is 18.2 Å². The summed E-state index contributed by atoms with van der Waals surface area (Å²) in [7, 11) is 0. The van der Waals surface area contributed by atoms with Gasteiger partial charge >= 0.3 is 6.03 Å². The van der Waals surface area contributed by atoms with E-state index < -0.39 is 6.03 Å². The van der Waals surface area contributed by atoms with E-state index in [1.54, 1.807) is 18.2 Å². The van der Waals surface area contributed by atoms with Crippen LogP contribution in [-0.2, 0) is 0 Å². The maximum Gasteiger partial charge on any atom is 0.340 e. The molecule has 4 N–H and O–H groups in total. The van der Waals surface area contributed by atoms with Crippen molar-refractivity contribution in [3.63, 3.8) is 0 Å². The second-order valence-corrected chi connectivity index (χ2v) is 2.58. The second kappa shape index (κ2) is 2.48. The predicted octanol–water partition coefficient (Wildman–Crippen LogP) is 0.345. The molecule has 1 heterocycles. The lowest BCUT2D eigenvalue weighted by atomic mass is 10.2. The van der Waals surface area contributed by atoms with Gasteiger partial charge in [-0.25, -0.2) is 4.79 Å². The summed E-state index contributed by atoms with van der Waals surface area (Å²) in [5, 5.41) is 4.47. The van der Waals surface area contributed by atoms with Crippen molar-refractivity contribution >= 4 is 22.8 Å². The Hall–Kier alpha value is -2.04. The molecule has 1 aromatic carbocycles. The molecule has 0 aliphatic rings. The van der Waals surface area contributed by atoms with Crippen LogP contribution in [0, 0.1) is 6.07 Å². The van der Waals surface area contributed by atoms with Gasteiger partial charge in [0.15, 0.2) is 5.82 Å². The van der Waals surface area contributed by atoms with Crippen LogP contribution in [0.4, 0.5) is 10.6 Å². The number of benzene rings is 1. The van der Waals surface area contributed by atoms with Crippen LogP contribution >= 0.6 is 0 Å². The molecule has 0 aliphatic heterocycles. The molecular formula is C8H7N4O. The average molecular weight is 175 g/mol. The van der Waals surface area contributed by atoms with Crippen LogP contribution in [0.1, 0.15) is 0 Å². The summed E-state index contributed by atoms with van der Waals surface area (Å²) < 4.78 is 1.07. The Kier molecular flexibility index (Phi) is 1.45.